The zero-order chi connectivity index (χ0) is 20.6. The second-order valence-electron chi connectivity index (χ2n) is 6.08. The lowest BCUT2D eigenvalue weighted by atomic mass is 10.1. The lowest BCUT2D eigenvalue weighted by Gasteiger charge is -2.14. The van der Waals surface area contributed by atoms with Crippen LogP contribution in [0.25, 0.3) is 0 Å². The van der Waals surface area contributed by atoms with E-state index in [1.54, 1.807) is 36.0 Å². The number of nitrogens with one attached hydrogen (secondary N) is 2. The number of aliphatic imine (C=N–C) groups is 1. The number of guanidine groups is 1. The molecular weight excluding hydrogens is 526 g/mol. The van der Waals surface area contributed by atoms with Gasteiger partial charge in [-0.1, -0.05) is 18.2 Å². The Morgan fingerprint density at radius 2 is 1.83 bits per heavy atom. The highest BCUT2D eigenvalue weighted by Gasteiger charge is 2.08. The molecule has 2 aromatic rings. The fraction of sp³-hybridized carbons (Fsp3) is 0.316. The number of hydrogen-bond donors (Lipinski definition) is 3. The van der Waals surface area contributed by atoms with E-state index in [1.807, 2.05) is 13.2 Å². The Morgan fingerprint density at radius 1 is 1.14 bits per heavy atom. The number of hydrogen-bond acceptors (Lipinski definition) is 4. The van der Waals surface area contributed by atoms with Gasteiger partial charge < -0.3 is 10.6 Å². The van der Waals surface area contributed by atoms with Crippen LogP contribution in [0.2, 0.25) is 0 Å². The van der Waals surface area contributed by atoms with Gasteiger partial charge in [-0.2, -0.15) is 11.8 Å². The molecule has 0 atom stereocenters. The van der Waals surface area contributed by atoms with Gasteiger partial charge >= 0.3 is 0 Å². The van der Waals surface area contributed by atoms with Crippen LogP contribution in [-0.4, -0.2) is 27.2 Å². The molecule has 10 heteroatoms. The van der Waals surface area contributed by atoms with E-state index in [4.69, 9.17) is 5.14 Å². The Morgan fingerprint density at radius 3 is 2.41 bits per heavy atom. The predicted molar refractivity (Wildman–Crippen MR) is 129 cm³/mol. The minimum atomic E-state index is -3.70. The third-order valence-electron chi connectivity index (χ3n) is 3.93. The lowest BCUT2D eigenvalue weighted by molar-refractivity contribution is 0.597. The van der Waals surface area contributed by atoms with E-state index in [2.05, 4.69) is 15.6 Å². The molecule has 160 valence electrons. The van der Waals surface area contributed by atoms with Gasteiger partial charge in [0.2, 0.25) is 10.0 Å². The molecular formula is C19H26FIN4O2S2. The number of benzene rings is 2. The van der Waals surface area contributed by atoms with Crippen LogP contribution < -0.4 is 15.8 Å². The summed E-state index contributed by atoms with van der Waals surface area (Å²) in [5.41, 5.74) is 2.82. The van der Waals surface area contributed by atoms with E-state index < -0.39 is 10.0 Å². The van der Waals surface area contributed by atoms with Crippen LogP contribution >= 0.6 is 35.7 Å². The smallest absolute Gasteiger partial charge is 0.238 e. The van der Waals surface area contributed by atoms with E-state index >= 15 is 0 Å². The molecule has 0 bridgehead atoms. The van der Waals surface area contributed by atoms with Crippen molar-refractivity contribution in [1.29, 1.82) is 0 Å². The Balaban J connectivity index is 0.00000420. The highest BCUT2D eigenvalue weighted by atomic mass is 127. The molecule has 29 heavy (non-hydrogen) atoms. The molecule has 0 saturated heterocycles. The maximum atomic E-state index is 13.5. The quantitative estimate of drug-likeness (QED) is 0.266. The number of thioether (sulfide) groups is 1. The minimum absolute atomic E-state index is 0. The van der Waals surface area contributed by atoms with Gasteiger partial charge in [0.05, 0.1) is 11.4 Å². The summed E-state index contributed by atoms with van der Waals surface area (Å²) in [4.78, 5) is 4.59. The third kappa shape index (κ3) is 8.49. The largest absolute Gasteiger partial charge is 0.357 e. The maximum absolute atomic E-state index is 13.5. The molecule has 0 heterocycles. The van der Waals surface area contributed by atoms with E-state index in [1.165, 1.54) is 18.2 Å². The van der Waals surface area contributed by atoms with Gasteiger partial charge in [-0.25, -0.2) is 22.9 Å². The normalized spacial score (nSPS) is 11.7. The van der Waals surface area contributed by atoms with Crippen molar-refractivity contribution in [1.82, 2.24) is 10.6 Å². The zero-order valence-corrected chi connectivity index (χ0v) is 20.3. The molecule has 0 aliphatic carbocycles. The standard InChI is InChI=1S/C19H25FN4O2S2.HI/c1-3-22-19(23-11-14-4-8-18(9-5-14)28(21,25)26)24-12-15-6-7-17(20)10-16(15)13-27-2;/h4-10H,3,11-13H2,1-2H3,(H2,21,25,26)(H2,22,23,24);1H. The lowest BCUT2D eigenvalue weighted by Crippen LogP contribution is -2.37. The van der Waals surface area contributed by atoms with Crippen LogP contribution in [0.15, 0.2) is 52.4 Å². The molecule has 2 aromatic carbocycles. The van der Waals surface area contributed by atoms with Crippen LogP contribution in [-0.2, 0) is 28.9 Å². The van der Waals surface area contributed by atoms with Crippen LogP contribution in [0.3, 0.4) is 0 Å². The molecule has 0 spiro atoms. The van der Waals surface area contributed by atoms with E-state index in [-0.39, 0.29) is 34.7 Å². The topological polar surface area (TPSA) is 96.6 Å². The molecule has 0 saturated carbocycles. The highest BCUT2D eigenvalue weighted by Crippen LogP contribution is 2.16. The Kier molecular flexibility index (Phi) is 10.9. The molecule has 6 nitrogen and oxygen atoms in total. The molecule has 4 N–H and O–H groups in total. The van der Waals surface area contributed by atoms with E-state index in [9.17, 15) is 12.8 Å². The van der Waals surface area contributed by atoms with Gasteiger partial charge in [0.25, 0.3) is 0 Å². The molecule has 0 radical (unpaired) electrons. The predicted octanol–water partition coefficient (Wildman–Crippen LogP) is 3.21. The summed E-state index contributed by atoms with van der Waals surface area (Å²) in [5.74, 6) is 1.12. The molecule has 0 amide bonds. The first kappa shape index (κ1) is 25.7. The summed E-state index contributed by atoms with van der Waals surface area (Å²) in [6.45, 7) is 3.56. The fourth-order valence-electron chi connectivity index (χ4n) is 2.53. The van der Waals surface area contributed by atoms with Crippen LogP contribution in [0, 0.1) is 5.82 Å². The minimum Gasteiger partial charge on any atom is -0.357 e. The Bertz CT molecular complexity index is 922. The molecule has 2 rings (SSSR count). The first-order chi connectivity index (χ1) is 13.3. The molecule has 0 aromatic heterocycles. The van der Waals surface area contributed by atoms with Crippen molar-refractivity contribution in [2.75, 3.05) is 12.8 Å². The number of primary sulfonamides is 1. The maximum Gasteiger partial charge on any atom is 0.238 e. The second-order valence-corrected chi connectivity index (χ2v) is 8.51. The van der Waals surface area contributed by atoms with E-state index in [0.29, 0.717) is 25.6 Å². The van der Waals surface area contributed by atoms with Gasteiger partial charge in [0, 0.05) is 18.8 Å². The summed E-state index contributed by atoms with van der Waals surface area (Å²) in [7, 11) is -3.70. The molecule has 0 aliphatic heterocycles. The van der Waals surface area contributed by atoms with Gasteiger partial charge in [0.1, 0.15) is 5.82 Å². The molecule has 0 fully saturated rings. The number of nitrogens with two attached hydrogens (primary N) is 1. The summed E-state index contributed by atoms with van der Waals surface area (Å²) in [6, 6.07) is 11.1. The number of halogens is 2. The number of rotatable bonds is 8. The van der Waals surface area contributed by atoms with Crippen LogP contribution in [0.5, 0.6) is 0 Å². The third-order valence-corrected chi connectivity index (χ3v) is 5.46. The number of nitrogens with zero attached hydrogens (tertiary/aromatic N) is 1. The van der Waals surface area contributed by atoms with Crippen molar-refractivity contribution in [3.8, 4) is 0 Å². The number of sulfonamides is 1. The average molecular weight is 552 g/mol. The van der Waals surface area contributed by atoms with E-state index in [0.717, 1.165) is 22.4 Å². The summed E-state index contributed by atoms with van der Waals surface area (Å²) >= 11 is 1.64. The Labute approximate surface area is 193 Å². The van der Waals surface area contributed by atoms with Gasteiger partial charge in [-0.05, 0) is 54.1 Å². The SMILES string of the molecule is CCNC(=NCc1ccc(S(N)(=O)=O)cc1)NCc1ccc(F)cc1CSC.I. The fourth-order valence-corrected chi connectivity index (χ4v) is 3.63. The first-order valence-electron chi connectivity index (χ1n) is 8.73. The monoisotopic (exact) mass is 552 g/mol. The summed E-state index contributed by atoms with van der Waals surface area (Å²) < 4.78 is 36.1. The summed E-state index contributed by atoms with van der Waals surface area (Å²) in [5, 5.41) is 11.5. The van der Waals surface area contributed by atoms with Crippen molar-refractivity contribution in [3.05, 3.63) is 65.0 Å². The van der Waals surface area contributed by atoms with Crippen molar-refractivity contribution < 1.29 is 12.8 Å². The van der Waals surface area contributed by atoms with Crippen LogP contribution in [0.1, 0.15) is 23.6 Å². The zero-order valence-electron chi connectivity index (χ0n) is 16.3. The van der Waals surface area contributed by atoms with Crippen molar-refractivity contribution in [2.24, 2.45) is 10.1 Å². The average Bonchev–Trinajstić information content (AvgIpc) is 2.65. The van der Waals surface area contributed by atoms with Crippen LogP contribution in [0.4, 0.5) is 4.39 Å². The van der Waals surface area contributed by atoms with Crippen molar-refractivity contribution in [2.45, 2.75) is 30.7 Å². The van der Waals surface area contributed by atoms with Gasteiger partial charge in [-0.3, -0.25) is 0 Å². The second kappa shape index (κ2) is 12.4. The van der Waals surface area contributed by atoms with Gasteiger partial charge in [-0.15, -0.1) is 24.0 Å². The van der Waals surface area contributed by atoms with Crippen molar-refractivity contribution >= 4 is 51.7 Å². The molecule has 0 unspecified atom stereocenters. The van der Waals surface area contributed by atoms with Gasteiger partial charge in [0.15, 0.2) is 5.96 Å². The first-order valence-corrected chi connectivity index (χ1v) is 11.7. The summed E-state index contributed by atoms with van der Waals surface area (Å²) in [6.07, 6.45) is 1.98. The molecule has 0 aliphatic rings. The highest BCUT2D eigenvalue weighted by molar-refractivity contribution is 14.0. The van der Waals surface area contributed by atoms with Crippen molar-refractivity contribution in [3.63, 3.8) is 0 Å². The Hall–Kier alpha value is -1.37.